The van der Waals surface area contributed by atoms with Gasteiger partial charge in [-0.3, -0.25) is 10.4 Å². The lowest BCUT2D eigenvalue weighted by Crippen LogP contribution is -2.41. The maximum Gasteiger partial charge on any atom is 0.239 e. The van der Waals surface area contributed by atoms with Crippen molar-refractivity contribution in [3.63, 3.8) is 0 Å². The lowest BCUT2D eigenvalue weighted by atomic mass is 9.82. The predicted molar refractivity (Wildman–Crippen MR) is 197 cm³/mol. The van der Waals surface area contributed by atoms with E-state index in [-0.39, 0.29) is 28.7 Å². The Balaban J connectivity index is 1.33. The Morgan fingerprint density at radius 2 is 1.63 bits per heavy atom. The van der Waals surface area contributed by atoms with Crippen molar-refractivity contribution in [2.24, 2.45) is 33.3 Å². The van der Waals surface area contributed by atoms with Crippen LogP contribution in [-0.4, -0.2) is 71.7 Å². The van der Waals surface area contributed by atoms with Gasteiger partial charge < -0.3 is 26.8 Å². The van der Waals surface area contributed by atoms with E-state index >= 15 is 0 Å². The van der Waals surface area contributed by atoms with Gasteiger partial charge >= 0.3 is 0 Å². The maximum atomic E-state index is 13.5. The highest BCUT2D eigenvalue weighted by Gasteiger charge is 2.29. The summed E-state index contributed by atoms with van der Waals surface area (Å²) in [5, 5.41) is 27.2. The second-order valence-electron chi connectivity index (χ2n) is 13.5. The number of aliphatic imine (C=N–C) groups is 1. The van der Waals surface area contributed by atoms with Gasteiger partial charge in [0.15, 0.2) is 11.9 Å². The highest BCUT2D eigenvalue weighted by molar-refractivity contribution is 7.89. The molecule has 15 heteroatoms. The van der Waals surface area contributed by atoms with E-state index in [9.17, 15) is 8.42 Å². The molecule has 3 aromatic carbocycles. The van der Waals surface area contributed by atoms with Gasteiger partial charge in [0.25, 0.3) is 0 Å². The van der Waals surface area contributed by atoms with Crippen molar-refractivity contribution in [2.45, 2.75) is 74.8 Å². The molecule has 1 aromatic heterocycles. The first-order valence-electron chi connectivity index (χ1n) is 17.4. The van der Waals surface area contributed by atoms with Gasteiger partial charge in [0.1, 0.15) is 5.75 Å². The number of ether oxygens (including phenoxy) is 1. The number of hydrogen-bond donors (Lipinski definition) is 5. The first-order chi connectivity index (χ1) is 24.5. The third-order valence-corrected chi connectivity index (χ3v) is 11.2. The Morgan fingerprint density at radius 1 is 0.941 bits per heavy atom. The SMILES string of the molecule is COc1ccc(Cn2nnc(-c3c(-c4ccc(C5CCN(C(=N)N)CC5)cc4)ccc(CCC4CCC(N=C(N)N)CC4)c3S(N)(=O)=O)n2)cc1. The molecule has 1 aliphatic heterocycles. The van der Waals surface area contributed by atoms with Gasteiger partial charge in [0.2, 0.25) is 15.8 Å². The van der Waals surface area contributed by atoms with Crippen LogP contribution in [-0.2, 0) is 23.0 Å². The summed E-state index contributed by atoms with van der Waals surface area (Å²) in [6, 6.07) is 19.7. The number of hydrogen-bond acceptors (Lipinski definition) is 8. The van der Waals surface area contributed by atoms with E-state index in [2.05, 4.69) is 27.4 Å². The molecule has 0 bridgehead atoms. The van der Waals surface area contributed by atoms with Crippen LogP contribution in [0.15, 0.2) is 70.6 Å². The number of nitrogens with one attached hydrogen (secondary N) is 1. The van der Waals surface area contributed by atoms with Crippen LogP contribution in [0.3, 0.4) is 0 Å². The van der Waals surface area contributed by atoms with Gasteiger partial charge in [-0.2, -0.15) is 4.80 Å². The fraction of sp³-hybridized carbons (Fsp3) is 0.417. The summed E-state index contributed by atoms with van der Waals surface area (Å²) in [6.45, 7) is 1.80. The number of sulfonamides is 1. The maximum absolute atomic E-state index is 13.5. The van der Waals surface area contributed by atoms with Crippen molar-refractivity contribution in [3.05, 3.63) is 77.4 Å². The zero-order chi connectivity index (χ0) is 36.1. The van der Waals surface area contributed by atoms with Crippen LogP contribution in [0, 0.1) is 11.3 Å². The number of piperidine rings is 1. The number of methoxy groups -OCH3 is 1. The standard InChI is InChI=1S/C36H47N11O3S/c1-50-30-15-5-24(6-16-30)22-47-44-34(43-45-47)32-31(27-10-8-25(9-11-27)26-18-20-46(21-19-26)36(39)40)17-12-28(33(32)51(41,48)49)7-2-23-3-13-29(14-4-23)42-35(37)38/h5-6,8-12,15-17,23,26,29H,2-4,7,13-14,18-22H2,1H3,(H3,39,40)(H4,37,38,42)(H2,41,48,49). The lowest BCUT2D eigenvalue weighted by molar-refractivity contribution is 0.309. The van der Waals surface area contributed by atoms with Gasteiger partial charge in [-0.25, -0.2) is 13.6 Å². The minimum absolute atomic E-state index is 0.0267. The van der Waals surface area contributed by atoms with E-state index in [0.29, 0.717) is 41.5 Å². The number of tetrazole rings is 1. The highest BCUT2D eigenvalue weighted by Crippen LogP contribution is 2.40. The summed E-state index contributed by atoms with van der Waals surface area (Å²) in [6.07, 6.45) is 6.80. The Hall–Kier alpha value is -5.02. The molecule has 14 nitrogen and oxygen atoms in total. The predicted octanol–water partition coefficient (Wildman–Crippen LogP) is 3.55. The molecule has 2 aliphatic rings. The summed E-state index contributed by atoms with van der Waals surface area (Å²) in [5.74, 6) is 1.89. The molecule has 2 fully saturated rings. The number of aromatic nitrogens is 4. The van der Waals surface area contributed by atoms with Crippen LogP contribution in [0.2, 0.25) is 0 Å². The van der Waals surface area contributed by atoms with Crippen LogP contribution in [0.25, 0.3) is 22.5 Å². The number of aryl methyl sites for hydroxylation is 1. The molecular formula is C36H47N11O3S. The van der Waals surface area contributed by atoms with Crippen LogP contribution < -0.4 is 27.1 Å². The number of primary sulfonamides is 1. The molecule has 1 saturated carbocycles. The Labute approximate surface area is 298 Å². The van der Waals surface area contributed by atoms with Crippen molar-refractivity contribution in [3.8, 4) is 28.3 Å². The fourth-order valence-corrected chi connectivity index (χ4v) is 8.46. The van der Waals surface area contributed by atoms with Crippen molar-refractivity contribution in [1.82, 2.24) is 25.1 Å². The number of nitrogens with two attached hydrogens (primary N) is 4. The summed E-state index contributed by atoms with van der Waals surface area (Å²) in [7, 11) is -2.61. The number of nitrogens with zero attached hydrogens (tertiary/aromatic N) is 6. The molecule has 2 heterocycles. The number of guanidine groups is 2. The quantitative estimate of drug-likeness (QED) is 0.112. The van der Waals surface area contributed by atoms with Crippen molar-refractivity contribution >= 4 is 21.9 Å². The van der Waals surface area contributed by atoms with Gasteiger partial charge in [0, 0.05) is 13.1 Å². The molecule has 0 spiro atoms. The van der Waals surface area contributed by atoms with E-state index in [4.69, 9.17) is 37.6 Å². The zero-order valence-electron chi connectivity index (χ0n) is 28.9. The molecule has 0 amide bonds. The van der Waals surface area contributed by atoms with Gasteiger partial charge in [-0.1, -0.05) is 48.5 Å². The fourth-order valence-electron chi connectivity index (χ4n) is 7.44. The topological polar surface area (TPSA) is 230 Å². The number of likely N-dealkylation sites (tertiary alicyclic amines) is 1. The zero-order valence-corrected chi connectivity index (χ0v) is 29.7. The largest absolute Gasteiger partial charge is 0.497 e. The van der Waals surface area contributed by atoms with Gasteiger partial charge in [-0.15, -0.1) is 10.2 Å². The van der Waals surface area contributed by atoms with Crippen molar-refractivity contribution < 1.29 is 13.2 Å². The molecule has 6 rings (SSSR count). The molecule has 0 radical (unpaired) electrons. The van der Waals surface area contributed by atoms with Gasteiger partial charge in [0.05, 0.1) is 30.2 Å². The monoisotopic (exact) mass is 713 g/mol. The second-order valence-corrected chi connectivity index (χ2v) is 15.0. The van der Waals surface area contributed by atoms with Crippen LogP contribution in [0.5, 0.6) is 5.75 Å². The third kappa shape index (κ3) is 8.66. The highest BCUT2D eigenvalue weighted by atomic mass is 32.2. The minimum Gasteiger partial charge on any atom is -0.497 e. The smallest absolute Gasteiger partial charge is 0.239 e. The van der Waals surface area contributed by atoms with E-state index in [1.165, 1.54) is 10.4 Å². The molecule has 0 unspecified atom stereocenters. The summed E-state index contributed by atoms with van der Waals surface area (Å²) >= 11 is 0. The number of rotatable bonds is 11. The Morgan fingerprint density at radius 3 is 2.24 bits per heavy atom. The Bertz CT molecular complexity index is 1960. The van der Waals surface area contributed by atoms with E-state index in [1.54, 1.807) is 7.11 Å². The molecule has 9 N–H and O–H groups in total. The van der Waals surface area contributed by atoms with Gasteiger partial charge in [-0.05, 0) is 108 Å². The lowest BCUT2D eigenvalue weighted by Gasteiger charge is -2.32. The first kappa shape index (κ1) is 35.8. The second kappa shape index (κ2) is 15.5. The van der Waals surface area contributed by atoms with Crippen LogP contribution >= 0.6 is 0 Å². The normalized spacial score (nSPS) is 18.4. The summed E-state index contributed by atoms with van der Waals surface area (Å²) in [4.78, 5) is 7.70. The summed E-state index contributed by atoms with van der Waals surface area (Å²) in [5.41, 5.74) is 21.5. The first-order valence-corrected chi connectivity index (χ1v) is 18.9. The van der Waals surface area contributed by atoms with E-state index in [1.807, 2.05) is 53.4 Å². The Kier molecular flexibility index (Phi) is 10.9. The molecular weight excluding hydrogens is 667 g/mol. The van der Waals surface area contributed by atoms with E-state index < -0.39 is 10.0 Å². The van der Waals surface area contributed by atoms with Crippen molar-refractivity contribution in [2.75, 3.05) is 20.2 Å². The number of benzene rings is 3. The van der Waals surface area contributed by atoms with Crippen LogP contribution in [0.1, 0.15) is 67.6 Å². The average Bonchev–Trinajstić information content (AvgIpc) is 3.59. The summed E-state index contributed by atoms with van der Waals surface area (Å²) < 4.78 is 32.4. The molecule has 1 saturated heterocycles. The molecule has 0 atom stereocenters. The minimum atomic E-state index is -4.22. The van der Waals surface area contributed by atoms with E-state index in [0.717, 1.165) is 74.9 Å². The van der Waals surface area contributed by atoms with Crippen LogP contribution in [0.4, 0.5) is 0 Å². The molecule has 4 aromatic rings. The molecule has 51 heavy (non-hydrogen) atoms. The van der Waals surface area contributed by atoms with Crippen molar-refractivity contribution in [1.29, 1.82) is 5.41 Å². The average molecular weight is 714 g/mol. The molecule has 1 aliphatic carbocycles. The third-order valence-electron chi connectivity index (χ3n) is 10.2. The molecule has 270 valence electrons.